The van der Waals surface area contributed by atoms with Crippen LogP contribution in [0, 0.1) is 5.92 Å². The second-order valence-electron chi connectivity index (χ2n) is 6.93. The number of halogens is 1. The van der Waals surface area contributed by atoms with Crippen LogP contribution in [0.25, 0.3) is 0 Å². The van der Waals surface area contributed by atoms with Crippen LogP contribution in [0.15, 0.2) is 53.4 Å². The number of methoxy groups -OCH3 is 1. The number of hydrogen-bond donors (Lipinski definition) is 1. The normalized spacial score (nSPS) is 12.0. The number of hydrogen-bond acceptors (Lipinski definition) is 3. The quantitative estimate of drug-likeness (QED) is 0.382. The predicted molar refractivity (Wildman–Crippen MR) is 115 cm³/mol. The van der Waals surface area contributed by atoms with Gasteiger partial charge in [-0.05, 0) is 66.5 Å². The molecule has 2 aromatic rings. The van der Waals surface area contributed by atoms with Crippen molar-refractivity contribution in [2.75, 3.05) is 12.9 Å². The Morgan fingerprint density at radius 3 is 2.37 bits per heavy atom. The summed E-state index contributed by atoms with van der Waals surface area (Å²) in [5, 5.41) is 3.95. The van der Waals surface area contributed by atoms with Gasteiger partial charge in [-0.25, -0.2) is 0 Å². The molecule has 0 saturated carbocycles. The fourth-order valence-corrected chi connectivity index (χ4v) is 3.78. The molecule has 0 bridgehead atoms. The van der Waals surface area contributed by atoms with Gasteiger partial charge < -0.3 is 10.1 Å². The zero-order valence-electron chi connectivity index (χ0n) is 16.2. The SMILES string of the molecule is COc1ccc(C(CC(C)C)NC(=O)CCCSc2ccc(Cl)cc2)cc1. The molecule has 0 spiro atoms. The number of carbonyl (C=O) groups is 1. The standard InChI is InChI=1S/C22H28ClNO2S/c1-16(2)15-21(17-6-10-19(26-3)11-7-17)24-22(25)5-4-14-27-20-12-8-18(23)9-13-20/h6-13,16,21H,4-5,14-15H2,1-3H3,(H,24,25). The van der Waals surface area contributed by atoms with Gasteiger partial charge in [0.05, 0.1) is 13.2 Å². The fourth-order valence-electron chi connectivity index (χ4n) is 2.81. The van der Waals surface area contributed by atoms with E-state index in [2.05, 4.69) is 19.2 Å². The van der Waals surface area contributed by atoms with Gasteiger partial charge in [-0.1, -0.05) is 37.6 Å². The van der Waals surface area contributed by atoms with Crippen LogP contribution in [0.2, 0.25) is 5.02 Å². The van der Waals surface area contributed by atoms with Crippen molar-refractivity contribution in [2.45, 2.75) is 44.0 Å². The number of amides is 1. The molecular formula is C22H28ClNO2S. The molecule has 5 heteroatoms. The van der Waals surface area contributed by atoms with E-state index in [9.17, 15) is 4.79 Å². The van der Waals surface area contributed by atoms with Crippen molar-refractivity contribution in [3.63, 3.8) is 0 Å². The van der Waals surface area contributed by atoms with Gasteiger partial charge in [-0.2, -0.15) is 0 Å². The van der Waals surface area contributed by atoms with Crippen LogP contribution >= 0.6 is 23.4 Å². The number of nitrogens with one attached hydrogen (secondary N) is 1. The van der Waals surface area contributed by atoms with Crippen molar-refractivity contribution in [3.05, 3.63) is 59.1 Å². The maximum atomic E-state index is 12.4. The lowest BCUT2D eigenvalue weighted by Gasteiger charge is -2.21. The van der Waals surface area contributed by atoms with Gasteiger partial charge in [0.25, 0.3) is 0 Å². The highest BCUT2D eigenvalue weighted by atomic mass is 35.5. The van der Waals surface area contributed by atoms with Crippen LogP contribution < -0.4 is 10.1 Å². The maximum absolute atomic E-state index is 12.4. The molecule has 0 aromatic heterocycles. The number of benzene rings is 2. The first kappa shape index (κ1) is 21.6. The molecule has 2 aromatic carbocycles. The number of thioether (sulfide) groups is 1. The maximum Gasteiger partial charge on any atom is 0.220 e. The second-order valence-corrected chi connectivity index (χ2v) is 8.53. The Hall–Kier alpha value is -1.65. The van der Waals surface area contributed by atoms with E-state index in [1.165, 1.54) is 4.90 Å². The molecule has 0 radical (unpaired) electrons. The number of carbonyl (C=O) groups excluding carboxylic acids is 1. The summed E-state index contributed by atoms with van der Waals surface area (Å²) >= 11 is 7.65. The average Bonchev–Trinajstić information content (AvgIpc) is 2.66. The molecule has 1 N–H and O–H groups in total. The summed E-state index contributed by atoms with van der Waals surface area (Å²) in [4.78, 5) is 13.6. The van der Waals surface area contributed by atoms with Crippen molar-refractivity contribution in [1.82, 2.24) is 5.32 Å². The first-order valence-electron chi connectivity index (χ1n) is 9.29. The molecule has 146 valence electrons. The Morgan fingerprint density at radius 1 is 1.11 bits per heavy atom. The Labute approximate surface area is 171 Å². The Balaban J connectivity index is 1.82. The summed E-state index contributed by atoms with van der Waals surface area (Å²) < 4.78 is 5.22. The van der Waals surface area contributed by atoms with Crippen molar-refractivity contribution < 1.29 is 9.53 Å². The van der Waals surface area contributed by atoms with Crippen LogP contribution in [-0.4, -0.2) is 18.8 Å². The van der Waals surface area contributed by atoms with Crippen molar-refractivity contribution >= 4 is 29.3 Å². The molecule has 1 unspecified atom stereocenters. The first-order valence-corrected chi connectivity index (χ1v) is 10.7. The molecule has 0 heterocycles. The molecule has 0 aliphatic rings. The third kappa shape index (κ3) is 7.86. The van der Waals surface area contributed by atoms with E-state index in [4.69, 9.17) is 16.3 Å². The van der Waals surface area contributed by atoms with Gasteiger partial charge in [-0.3, -0.25) is 4.79 Å². The largest absolute Gasteiger partial charge is 0.497 e. The highest BCUT2D eigenvalue weighted by Crippen LogP contribution is 2.24. The second kappa shape index (κ2) is 11.3. The third-order valence-corrected chi connectivity index (χ3v) is 5.54. The van der Waals surface area contributed by atoms with Crippen LogP contribution in [0.3, 0.4) is 0 Å². The van der Waals surface area contributed by atoms with E-state index in [-0.39, 0.29) is 11.9 Å². The molecule has 2 rings (SSSR count). The molecule has 0 aliphatic heterocycles. The van der Waals surface area contributed by atoms with Crippen molar-refractivity contribution in [3.8, 4) is 5.75 Å². The summed E-state index contributed by atoms with van der Waals surface area (Å²) in [5.41, 5.74) is 1.12. The predicted octanol–water partition coefficient (Wildman–Crippen LogP) is 6.12. The summed E-state index contributed by atoms with van der Waals surface area (Å²) in [6.45, 7) is 4.34. The number of rotatable bonds is 10. The topological polar surface area (TPSA) is 38.3 Å². The van der Waals surface area contributed by atoms with E-state index in [0.29, 0.717) is 12.3 Å². The summed E-state index contributed by atoms with van der Waals surface area (Å²) in [6.07, 6.45) is 2.29. The van der Waals surface area contributed by atoms with Gasteiger partial charge in [-0.15, -0.1) is 11.8 Å². The van der Waals surface area contributed by atoms with Crippen molar-refractivity contribution in [2.24, 2.45) is 5.92 Å². The van der Waals surface area contributed by atoms with E-state index >= 15 is 0 Å². The number of ether oxygens (including phenoxy) is 1. The smallest absolute Gasteiger partial charge is 0.220 e. The van der Waals surface area contributed by atoms with E-state index in [1.54, 1.807) is 18.9 Å². The van der Waals surface area contributed by atoms with Gasteiger partial charge in [0.1, 0.15) is 5.75 Å². The molecule has 1 atom stereocenters. The molecule has 0 aliphatic carbocycles. The lowest BCUT2D eigenvalue weighted by molar-refractivity contribution is -0.121. The van der Waals surface area contributed by atoms with Crippen LogP contribution in [0.5, 0.6) is 5.75 Å². The zero-order valence-corrected chi connectivity index (χ0v) is 17.8. The van der Waals surface area contributed by atoms with Gasteiger partial charge in [0.2, 0.25) is 5.91 Å². The minimum absolute atomic E-state index is 0.0346. The van der Waals surface area contributed by atoms with Crippen LogP contribution in [-0.2, 0) is 4.79 Å². The monoisotopic (exact) mass is 405 g/mol. The summed E-state index contributed by atoms with van der Waals surface area (Å²) in [5.74, 6) is 2.34. The molecule has 0 saturated heterocycles. The molecule has 27 heavy (non-hydrogen) atoms. The minimum atomic E-state index is 0.0346. The lowest BCUT2D eigenvalue weighted by atomic mass is 9.96. The molecule has 0 fully saturated rings. The van der Waals surface area contributed by atoms with Crippen LogP contribution in [0.1, 0.15) is 44.7 Å². The minimum Gasteiger partial charge on any atom is -0.497 e. The van der Waals surface area contributed by atoms with E-state index < -0.39 is 0 Å². The summed E-state index contributed by atoms with van der Waals surface area (Å²) in [6, 6.07) is 15.8. The van der Waals surface area contributed by atoms with Gasteiger partial charge >= 0.3 is 0 Å². The van der Waals surface area contributed by atoms with E-state index in [1.807, 2.05) is 48.5 Å². The highest BCUT2D eigenvalue weighted by molar-refractivity contribution is 7.99. The molecule has 1 amide bonds. The molecule has 3 nitrogen and oxygen atoms in total. The third-order valence-electron chi connectivity index (χ3n) is 4.19. The average molecular weight is 406 g/mol. The fraction of sp³-hybridized carbons (Fsp3) is 0.409. The lowest BCUT2D eigenvalue weighted by Crippen LogP contribution is -2.29. The Bertz CT molecular complexity index is 701. The van der Waals surface area contributed by atoms with Gasteiger partial charge in [0, 0.05) is 16.3 Å². The van der Waals surface area contributed by atoms with Crippen molar-refractivity contribution in [1.29, 1.82) is 0 Å². The van der Waals surface area contributed by atoms with Gasteiger partial charge in [0.15, 0.2) is 0 Å². The van der Waals surface area contributed by atoms with E-state index in [0.717, 1.165) is 34.9 Å². The molecular weight excluding hydrogens is 378 g/mol. The highest BCUT2D eigenvalue weighted by Gasteiger charge is 2.16. The van der Waals surface area contributed by atoms with Crippen LogP contribution in [0.4, 0.5) is 0 Å². The zero-order chi connectivity index (χ0) is 19.6. The summed E-state index contributed by atoms with van der Waals surface area (Å²) in [7, 11) is 1.66. The Kier molecular flexibility index (Phi) is 9.02. The first-order chi connectivity index (χ1) is 13.0. The Morgan fingerprint density at radius 2 is 1.78 bits per heavy atom.